The maximum Gasteiger partial charge on any atom is 0.246 e. The molecule has 2 fully saturated rings. The summed E-state index contributed by atoms with van der Waals surface area (Å²) in [5.74, 6) is 1.72. The van der Waals surface area contributed by atoms with Gasteiger partial charge >= 0.3 is 0 Å². The molecule has 1 atom stereocenters. The summed E-state index contributed by atoms with van der Waals surface area (Å²) in [6.45, 7) is 1.72. The zero-order chi connectivity index (χ0) is 32.3. The van der Waals surface area contributed by atoms with Crippen LogP contribution in [0.25, 0.3) is 22.5 Å². The molecule has 2 aliphatic heterocycles. The van der Waals surface area contributed by atoms with Gasteiger partial charge in [-0.15, -0.1) is 20.4 Å². The number of hydrogen-bond donors (Lipinski definition) is 3. The molecule has 3 aromatic carbocycles. The summed E-state index contributed by atoms with van der Waals surface area (Å²) >= 11 is 0. The number of ether oxygens (including phenoxy) is 2. The number of para-hydroxylation sites is 2. The monoisotopic (exact) mass is 630 g/mol. The predicted octanol–water partition coefficient (Wildman–Crippen LogP) is 5.36. The molecule has 5 aromatic rings. The number of amides is 1. The maximum atomic E-state index is 13.5. The highest BCUT2D eigenvalue weighted by atomic mass is 16.5. The fraction of sp³-hybridized carbons (Fsp3) is 0.229. The molecule has 0 aliphatic carbocycles. The summed E-state index contributed by atoms with van der Waals surface area (Å²) in [6.07, 6.45) is 2.90. The Kier molecular flexibility index (Phi) is 8.23. The van der Waals surface area contributed by atoms with Gasteiger partial charge in [0.25, 0.3) is 0 Å². The number of carbonyl (C=O) groups excluding carboxylic acids is 1. The number of aromatic hydroxyl groups is 1. The topological polar surface area (TPSA) is 166 Å². The molecule has 12 nitrogen and oxygen atoms in total. The lowest BCUT2D eigenvalue weighted by atomic mass is 10.0. The van der Waals surface area contributed by atoms with Crippen molar-refractivity contribution in [2.75, 3.05) is 47.5 Å². The van der Waals surface area contributed by atoms with Crippen molar-refractivity contribution in [1.82, 2.24) is 20.4 Å². The molecule has 12 heteroatoms. The fourth-order valence-corrected chi connectivity index (χ4v) is 6.02. The first-order valence-electron chi connectivity index (χ1n) is 15.5. The van der Waals surface area contributed by atoms with Gasteiger partial charge in [-0.2, -0.15) is 0 Å². The average molecular weight is 631 g/mol. The lowest BCUT2D eigenvalue weighted by Crippen LogP contribution is -2.50. The number of rotatable bonds is 7. The second-order valence-electron chi connectivity index (χ2n) is 11.5. The molecule has 0 saturated carbocycles. The van der Waals surface area contributed by atoms with E-state index in [1.807, 2.05) is 59.5 Å². The van der Waals surface area contributed by atoms with E-state index in [0.29, 0.717) is 65.3 Å². The van der Waals surface area contributed by atoms with Crippen LogP contribution in [0, 0.1) is 0 Å². The van der Waals surface area contributed by atoms with Crippen LogP contribution in [0.1, 0.15) is 30.9 Å². The number of nitrogens with zero attached hydrogens (tertiary/aromatic N) is 6. The minimum absolute atomic E-state index is 0.0864. The first kappa shape index (κ1) is 29.9. The molecule has 2 aliphatic rings. The molecule has 1 amide bonds. The van der Waals surface area contributed by atoms with Crippen LogP contribution in [0.3, 0.4) is 0 Å². The Morgan fingerprint density at radius 2 is 1.57 bits per heavy atom. The molecule has 0 unspecified atom stereocenters. The maximum absolute atomic E-state index is 13.5. The van der Waals surface area contributed by atoms with Crippen LogP contribution in [-0.4, -0.2) is 57.6 Å². The van der Waals surface area contributed by atoms with Crippen LogP contribution in [0.2, 0.25) is 0 Å². The van der Waals surface area contributed by atoms with E-state index in [1.54, 1.807) is 35.2 Å². The zero-order valence-electron chi connectivity index (χ0n) is 25.6. The number of carbonyl (C=O) groups is 1. The summed E-state index contributed by atoms with van der Waals surface area (Å²) in [4.78, 5) is 17.1. The van der Waals surface area contributed by atoms with Gasteiger partial charge in [-0.3, -0.25) is 4.79 Å². The summed E-state index contributed by atoms with van der Waals surface area (Å²) in [5.41, 5.74) is 16.9. The molecule has 5 N–H and O–H groups in total. The Hall–Kier alpha value is -5.75. The lowest BCUT2D eigenvalue weighted by molar-refractivity contribution is -0.117. The first-order chi connectivity index (χ1) is 22.9. The van der Waals surface area contributed by atoms with Crippen LogP contribution < -0.4 is 26.0 Å². The number of nitrogens with two attached hydrogens (primary N) is 2. The van der Waals surface area contributed by atoms with Gasteiger partial charge in [0, 0.05) is 48.1 Å². The van der Waals surface area contributed by atoms with Crippen molar-refractivity contribution in [2.45, 2.75) is 25.4 Å². The average Bonchev–Trinajstić information content (AvgIpc) is 3.10. The van der Waals surface area contributed by atoms with Gasteiger partial charge in [-0.1, -0.05) is 30.3 Å². The van der Waals surface area contributed by atoms with Gasteiger partial charge in [0.05, 0.1) is 29.7 Å². The van der Waals surface area contributed by atoms with Gasteiger partial charge in [-0.05, 0) is 67.8 Å². The molecule has 0 spiro atoms. The number of hydrogen-bond acceptors (Lipinski definition) is 11. The van der Waals surface area contributed by atoms with Gasteiger partial charge in [0.2, 0.25) is 5.91 Å². The molecule has 7 rings (SSSR count). The third kappa shape index (κ3) is 6.23. The largest absolute Gasteiger partial charge is 0.507 e. The van der Waals surface area contributed by atoms with Crippen LogP contribution in [0.5, 0.6) is 17.2 Å². The Bertz CT molecular complexity index is 1930. The smallest absolute Gasteiger partial charge is 0.246 e. The third-order valence-electron chi connectivity index (χ3n) is 8.44. The number of aromatic nitrogens is 4. The number of nitrogen functional groups attached to an aromatic ring is 2. The number of phenols is 1. The summed E-state index contributed by atoms with van der Waals surface area (Å²) in [5, 5.41) is 27.2. The Morgan fingerprint density at radius 3 is 2.36 bits per heavy atom. The van der Waals surface area contributed by atoms with Crippen LogP contribution in [-0.2, 0) is 9.53 Å². The molecule has 2 aromatic heterocycles. The molecular weight excluding hydrogens is 596 g/mol. The van der Waals surface area contributed by atoms with E-state index in [-0.39, 0.29) is 30.1 Å². The summed E-state index contributed by atoms with van der Waals surface area (Å²) in [6, 6.07) is 25.6. The molecule has 4 heterocycles. The van der Waals surface area contributed by atoms with Crippen molar-refractivity contribution in [3.8, 4) is 39.8 Å². The van der Waals surface area contributed by atoms with Crippen molar-refractivity contribution >= 4 is 28.9 Å². The van der Waals surface area contributed by atoms with E-state index in [0.717, 1.165) is 30.4 Å². The van der Waals surface area contributed by atoms with Crippen molar-refractivity contribution in [3.05, 3.63) is 90.5 Å². The first-order valence-corrected chi connectivity index (χ1v) is 15.5. The zero-order valence-corrected chi connectivity index (χ0v) is 25.6. The summed E-state index contributed by atoms with van der Waals surface area (Å²) in [7, 11) is 0. The van der Waals surface area contributed by atoms with Crippen molar-refractivity contribution < 1.29 is 19.4 Å². The van der Waals surface area contributed by atoms with Crippen molar-refractivity contribution in [2.24, 2.45) is 0 Å². The van der Waals surface area contributed by atoms with Gasteiger partial charge < -0.3 is 35.8 Å². The Morgan fingerprint density at radius 1 is 0.809 bits per heavy atom. The minimum atomic E-state index is -0.108. The van der Waals surface area contributed by atoms with Gasteiger partial charge in [0.15, 0.2) is 11.6 Å². The van der Waals surface area contributed by atoms with E-state index in [2.05, 4.69) is 20.4 Å². The highest BCUT2D eigenvalue weighted by molar-refractivity contribution is 5.98. The molecule has 2 saturated heterocycles. The van der Waals surface area contributed by atoms with Crippen LogP contribution in [0.4, 0.5) is 23.0 Å². The number of phenolic OH excluding ortho intramolecular Hbond substituents is 1. The predicted molar refractivity (Wildman–Crippen MR) is 179 cm³/mol. The Labute approximate surface area is 271 Å². The fourth-order valence-electron chi connectivity index (χ4n) is 6.02. The van der Waals surface area contributed by atoms with E-state index < -0.39 is 0 Å². The number of piperazine rings is 1. The number of benzene rings is 3. The van der Waals surface area contributed by atoms with Gasteiger partial charge in [-0.25, -0.2) is 0 Å². The van der Waals surface area contributed by atoms with Crippen LogP contribution >= 0.6 is 0 Å². The van der Waals surface area contributed by atoms with E-state index in [9.17, 15) is 9.90 Å². The standard InChI is InChI=1S/C35H34N8O4/c36-34-26(31-13-5-6-17-46-31)19-27(38-40-34)25-11-2-4-14-32(25)47-23-9-7-8-22(18-23)43-16-15-42(21-33(43)45)29-20-28(39-41-35(29)37)24-10-1-3-12-30(24)44/h1-4,7-12,14,18-20,31,44H,5-6,13,15-17,21H2,(H2,36,40)(H2,37,41)/t31-/m0/s1. The lowest BCUT2D eigenvalue weighted by Gasteiger charge is -2.36. The Balaban J connectivity index is 1.09. The van der Waals surface area contributed by atoms with E-state index >= 15 is 0 Å². The SMILES string of the molecule is Nc1nnc(-c2ccccc2Oc2cccc(N3CCN(c4cc(-c5ccccc5O)nnc4N)CC3=O)c2)cc1[C@@H]1CCCCO1. The highest BCUT2D eigenvalue weighted by Crippen LogP contribution is 2.38. The molecule has 238 valence electrons. The van der Waals surface area contributed by atoms with Crippen molar-refractivity contribution in [1.29, 1.82) is 0 Å². The summed E-state index contributed by atoms with van der Waals surface area (Å²) < 4.78 is 12.4. The quantitative estimate of drug-likeness (QED) is 0.212. The van der Waals surface area contributed by atoms with Crippen molar-refractivity contribution in [3.63, 3.8) is 0 Å². The van der Waals surface area contributed by atoms with Crippen LogP contribution in [0.15, 0.2) is 84.9 Å². The normalized spacial score (nSPS) is 16.7. The second kappa shape index (κ2) is 12.9. The third-order valence-corrected chi connectivity index (χ3v) is 8.44. The highest BCUT2D eigenvalue weighted by Gasteiger charge is 2.28. The number of anilines is 4. The second-order valence-corrected chi connectivity index (χ2v) is 11.5. The van der Waals surface area contributed by atoms with Gasteiger partial charge in [0.1, 0.15) is 17.2 Å². The molecular formula is C35H34N8O4. The minimum Gasteiger partial charge on any atom is -0.507 e. The molecule has 0 radical (unpaired) electrons. The molecule has 0 bridgehead atoms. The van der Waals surface area contributed by atoms with E-state index in [4.69, 9.17) is 20.9 Å². The van der Waals surface area contributed by atoms with E-state index in [1.165, 1.54) is 0 Å². The molecule has 47 heavy (non-hydrogen) atoms.